The standard InChI is InChI=1S/C17H25IN2O2/c1-17(2,3)22-16(21)19-11-12-5-4-6-15(12)20-14-9-7-13(18)8-10-14/h7-10,12,15,20H,4-6,11H2,1-3H3,(H,19,21). The van der Waals surface area contributed by atoms with Gasteiger partial charge in [0.1, 0.15) is 5.60 Å². The lowest BCUT2D eigenvalue weighted by atomic mass is 10.0. The predicted octanol–water partition coefficient (Wildman–Crippen LogP) is 4.40. The van der Waals surface area contributed by atoms with Crippen LogP contribution in [0.15, 0.2) is 24.3 Å². The van der Waals surface area contributed by atoms with Gasteiger partial charge in [-0.2, -0.15) is 0 Å². The number of benzene rings is 1. The molecule has 4 nitrogen and oxygen atoms in total. The summed E-state index contributed by atoms with van der Waals surface area (Å²) in [7, 11) is 0. The van der Waals surface area contributed by atoms with Crippen molar-refractivity contribution in [3.63, 3.8) is 0 Å². The molecule has 22 heavy (non-hydrogen) atoms. The van der Waals surface area contributed by atoms with Crippen LogP contribution in [0.4, 0.5) is 10.5 Å². The average Bonchev–Trinajstić information content (AvgIpc) is 2.84. The van der Waals surface area contributed by atoms with E-state index in [4.69, 9.17) is 4.74 Å². The van der Waals surface area contributed by atoms with Gasteiger partial charge in [-0.1, -0.05) is 6.42 Å². The SMILES string of the molecule is CC(C)(C)OC(=O)NCC1CCCC1Nc1ccc(I)cc1. The van der Waals surface area contributed by atoms with E-state index < -0.39 is 5.60 Å². The first-order valence-corrected chi connectivity index (χ1v) is 8.90. The summed E-state index contributed by atoms with van der Waals surface area (Å²) in [5, 5.41) is 6.50. The summed E-state index contributed by atoms with van der Waals surface area (Å²) in [5.41, 5.74) is 0.702. The van der Waals surface area contributed by atoms with Crippen LogP contribution in [0, 0.1) is 9.49 Å². The van der Waals surface area contributed by atoms with Gasteiger partial charge in [-0.3, -0.25) is 0 Å². The van der Waals surface area contributed by atoms with Crippen molar-refractivity contribution in [2.75, 3.05) is 11.9 Å². The van der Waals surface area contributed by atoms with Gasteiger partial charge in [-0.15, -0.1) is 0 Å². The minimum atomic E-state index is -0.446. The number of ether oxygens (including phenoxy) is 1. The maximum atomic E-state index is 11.8. The molecule has 1 aromatic carbocycles. The topological polar surface area (TPSA) is 50.4 Å². The molecule has 2 rings (SSSR count). The summed E-state index contributed by atoms with van der Waals surface area (Å²) >= 11 is 2.31. The van der Waals surface area contributed by atoms with Gasteiger partial charge in [0.25, 0.3) is 0 Å². The number of hydrogen-bond acceptors (Lipinski definition) is 3. The van der Waals surface area contributed by atoms with Crippen molar-refractivity contribution < 1.29 is 9.53 Å². The highest BCUT2D eigenvalue weighted by atomic mass is 127. The fraction of sp³-hybridized carbons (Fsp3) is 0.588. The zero-order chi connectivity index (χ0) is 16.2. The van der Waals surface area contributed by atoms with Crippen LogP contribution in [0.3, 0.4) is 0 Å². The molecule has 0 heterocycles. The van der Waals surface area contributed by atoms with E-state index in [-0.39, 0.29) is 6.09 Å². The number of hydrogen-bond donors (Lipinski definition) is 2. The Morgan fingerprint density at radius 2 is 1.95 bits per heavy atom. The molecule has 0 aromatic heterocycles. The largest absolute Gasteiger partial charge is 0.444 e. The monoisotopic (exact) mass is 416 g/mol. The molecule has 1 amide bonds. The Balaban J connectivity index is 1.83. The molecule has 2 unspecified atom stereocenters. The van der Waals surface area contributed by atoms with Crippen LogP contribution in [0.25, 0.3) is 0 Å². The van der Waals surface area contributed by atoms with E-state index >= 15 is 0 Å². The molecule has 1 saturated carbocycles. The third-order valence-electron chi connectivity index (χ3n) is 3.76. The number of halogens is 1. The second-order valence-corrected chi connectivity index (χ2v) is 8.08. The molecular weight excluding hydrogens is 391 g/mol. The molecule has 0 bridgehead atoms. The predicted molar refractivity (Wildman–Crippen MR) is 98.1 cm³/mol. The van der Waals surface area contributed by atoms with Crippen molar-refractivity contribution in [1.29, 1.82) is 0 Å². The normalized spacial score (nSPS) is 21.5. The molecule has 122 valence electrons. The van der Waals surface area contributed by atoms with Gasteiger partial charge in [-0.05, 0) is 86.4 Å². The number of carbonyl (C=O) groups is 1. The molecule has 0 saturated heterocycles. The lowest BCUT2D eigenvalue weighted by Gasteiger charge is -2.24. The van der Waals surface area contributed by atoms with E-state index in [0.29, 0.717) is 18.5 Å². The Morgan fingerprint density at radius 1 is 1.27 bits per heavy atom. The third-order valence-corrected chi connectivity index (χ3v) is 4.48. The van der Waals surface area contributed by atoms with Crippen LogP contribution in [-0.2, 0) is 4.74 Å². The first kappa shape index (κ1) is 17.4. The summed E-state index contributed by atoms with van der Waals surface area (Å²) in [6.45, 7) is 6.30. The highest BCUT2D eigenvalue weighted by Gasteiger charge is 2.28. The van der Waals surface area contributed by atoms with E-state index in [2.05, 4.69) is 57.5 Å². The first-order valence-electron chi connectivity index (χ1n) is 7.82. The van der Waals surface area contributed by atoms with Gasteiger partial charge in [0, 0.05) is 21.8 Å². The van der Waals surface area contributed by atoms with Crippen LogP contribution in [0.5, 0.6) is 0 Å². The molecule has 1 aliphatic carbocycles. The Hall–Kier alpha value is -0.980. The van der Waals surface area contributed by atoms with Gasteiger partial charge < -0.3 is 15.4 Å². The fourth-order valence-electron chi connectivity index (χ4n) is 2.76. The third kappa shape index (κ3) is 5.66. The second-order valence-electron chi connectivity index (χ2n) is 6.83. The Bertz CT molecular complexity index is 496. The molecule has 0 radical (unpaired) electrons. The minimum Gasteiger partial charge on any atom is -0.444 e. The number of anilines is 1. The molecule has 2 atom stereocenters. The lowest BCUT2D eigenvalue weighted by Crippen LogP contribution is -2.38. The van der Waals surface area contributed by atoms with E-state index in [1.54, 1.807) is 0 Å². The van der Waals surface area contributed by atoms with Crippen LogP contribution < -0.4 is 10.6 Å². The molecule has 0 spiro atoms. The van der Waals surface area contributed by atoms with Gasteiger partial charge in [-0.25, -0.2) is 4.79 Å². The van der Waals surface area contributed by atoms with Gasteiger partial charge in [0.15, 0.2) is 0 Å². The second kappa shape index (κ2) is 7.53. The van der Waals surface area contributed by atoms with E-state index in [1.807, 2.05) is 20.8 Å². The smallest absolute Gasteiger partial charge is 0.407 e. The maximum Gasteiger partial charge on any atom is 0.407 e. The highest BCUT2D eigenvalue weighted by Crippen LogP contribution is 2.28. The molecule has 1 fully saturated rings. The van der Waals surface area contributed by atoms with Crippen molar-refractivity contribution >= 4 is 34.4 Å². The van der Waals surface area contributed by atoms with Crippen molar-refractivity contribution in [1.82, 2.24) is 5.32 Å². The summed E-state index contributed by atoms with van der Waals surface area (Å²) in [5.74, 6) is 0.451. The quantitative estimate of drug-likeness (QED) is 0.716. The van der Waals surface area contributed by atoms with Crippen LogP contribution in [-0.4, -0.2) is 24.3 Å². The van der Waals surface area contributed by atoms with Crippen LogP contribution in [0.2, 0.25) is 0 Å². The van der Waals surface area contributed by atoms with Gasteiger partial charge in [0.05, 0.1) is 0 Å². The van der Waals surface area contributed by atoms with Crippen molar-refractivity contribution in [2.45, 2.75) is 51.7 Å². The van der Waals surface area contributed by atoms with E-state index in [0.717, 1.165) is 18.5 Å². The highest BCUT2D eigenvalue weighted by molar-refractivity contribution is 14.1. The Kier molecular flexibility index (Phi) is 5.94. The molecule has 1 aliphatic rings. The number of alkyl carbamates (subject to hydrolysis) is 1. The molecule has 5 heteroatoms. The molecular formula is C17H25IN2O2. The van der Waals surface area contributed by atoms with E-state index in [9.17, 15) is 4.79 Å². The number of carbonyl (C=O) groups excluding carboxylic acids is 1. The van der Waals surface area contributed by atoms with Crippen molar-refractivity contribution in [3.05, 3.63) is 27.8 Å². The lowest BCUT2D eigenvalue weighted by molar-refractivity contribution is 0.0519. The van der Waals surface area contributed by atoms with Crippen LogP contribution in [0.1, 0.15) is 40.0 Å². The van der Waals surface area contributed by atoms with Gasteiger partial charge in [0.2, 0.25) is 0 Å². The molecule has 0 aliphatic heterocycles. The van der Waals surface area contributed by atoms with E-state index in [1.165, 1.54) is 9.99 Å². The summed E-state index contributed by atoms with van der Waals surface area (Å²) < 4.78 is 6.53. The van der Waals surface area contributed by atoms with Crippen molar-refractivity contribution in [3.8, 4) is 0 Å². The Morgan fingerprint density at radius 3 is 2.59 bits per heavy atom. The average molecular weight is 416 g/mol. The van der Waals surface area contributed by atoms with Crippen molar-refractivity contribution in [2.24, 2.45) is 5.92 Å². The summed E-state index contributed by atoms with van der Waals surface area (Å²) in [6, 6.07) is 8.84. The number of nitrogens with one attached hydrogen (secondary N) is 2. The summed E-state index contributed by atoms with van der Waals surface area (Å²) in [4.78, 5) is 11.8. The van der Waals surface area contributed by atoms with Gasteiger partial charge >= 0.3 is 6.09 Å². The Labute approximate surface area is 146 Å². The zero-order valence-corrected chi connectivity index (χ0v) is 15.6. The summed E-state index contributed by atoms with van der Waals surface area (Å²) in [6.07, 6.45) is 3.15. The van der Waals surface area contributed by atoms with Crippen LogP contribution >= 0.6 is 22.6 Å². The first-order chi connectivity index (χ1) is 10.3. The fourth-order valence-corrected chi connectivity index (χ4v) is 3.12. The molecule has 1 aromatic rings. The minimum absolute atomic E-state index is 0.326. The zero-order valence-electron chi connectivity index (χ0n) is 13.5. The molecule has 2 N–H and O–H groups in total. The number of amides is 1. The number of rotatable bonds is 4. The maximum absolute atomic E-state index is 11.8.